The topological polar surface area (TPSA) is 70.9 Å². The minimum atomic E-state index is -4.39. The Morgan fingerprint density at radius 3 is 2.50 bits per heavy atom. The van der Waals surface area contributed by atoms with E-state index in [4.69, 9.17) is 9.47 Å². The van der Waals surface area contributed by atoms with Crippen molar-refractivity contribution in [2.75, 3.05) is 7.11 Å². The van der Waals surface area contributed by atoms with Crippen LogP contribution in [0.2, 0.25) is 0 Å². The lowest BCUT2D eigenvalue weighted by Crippen LogP contribution is -2.04. The zero-order chi connectivity index (χ0) is 24.3. The molecule has 34 heavy (non-hydrogen) atoms. The van der Waals surface area contributed by atoms with E-state index < -0.39 is 11.7 Å². The lowest BCUT2D eigenvalue weighted by atomic mass is 10.1. The molecule has 0 aliphatic carbocycles. The third kappa shape index (κ3) is 5.17. The first-order valence-corrected chi connectivity index (χ1v) is 11.1. The van der Waals surface area contributed by atoms with Gasteiger partial charge in [0.15, 0.2) is 0 Å². The zero-order valence-corrected chi connectivity index (χ0v) is 19.9. The molecular formula is C25H17F3IN3O2. The number of imidazole rings is 1. The van der Waals surface area contributed by atoms with Gasteiger partial charge in [-0.15, -0.1) is 0 Å². The fourth-order valence-corrected chi connectivity index (χ4v) is 3.84. The van der Waals surface area contributed by atoms with Gasteiger partial charge in [-0.3, -0.25) is 0 Å². The molecule has 0 atom stereocenters. The number of hydrogen-bond acceptors (Lipinski definition) is 4. The Bertz CT molecular complexity index is 1360. The van der Waals surface area contributed by atoms with Gasteiger partial charge in [0, 0.05) is 26.3 Å². The van der Waals surface area contributed by atoms with E-state index in [9.17, 15) is 18.4 Å². The molecule has 4 aromatic rings. The number of alkyl halides is 3. The highest BCUT2D eigenvalue weighted by Crippen LogP contribution is 2.35. The van der Waals surface area contributed by atoms with Crippen LogP contribution in [0.3, 0.4) is 0 Å². The number of halogens is 4. The summed E-state index contributed by atoms with van der Waals surface area (Å²) in [6.45, 7) is 0.227. The third-order valence-electron chi connectivity index (χ3n) is 5.11. The van der Waals surface area contributed by atoms with E-state index in [0.717, 1.165) is 21.3 Å². The molecule has 1 N–H and O–H groups in total. The molecule has 0 aliphatic heterocycles. The molecule has 0 spiro atoms. The smallest absolute Gasteiger partial charge is 0.416 e. The Labute approximate surface area is 207 Å². The lowest BCUT2D eigenvalue weighted by molar-refractivity contribution is -0.137. The maximum Gasteiger partial charge on any atom is 0.416 e. The van der Waals surface area contributed by atoms with Gasteiger partial charge in [-0.25, -0.2) is 4.98 Å². The largest absolute Gasteiger partial charge is 0.496 e. The van der Waals surface area contributed by atoms with E-state index in [1.807, 2.05) is 12.1 Å². The molecule has 0 saturated carbocycles. The van der Waals surface area contributed by atoms with Crippen LogP contribution in [0.15, 0.2) is 66.9 Å². The van der Waals surface area contributed by atoms with E-state index in [0.29, 0.717) is 39.7 Å². The Kier molecular flexibility index (Phi) is 6.79. The first-order chi connectivity index (χ1) is 16.3. The van der Waals surface area contributed by atoms with Gasteiger partial charge in [-0.1, -0.05) is 18.2 Å². The zero-order valence-electron chi connectivity index (χ0n) is 17.8. The summed E-state index contributed by atoms with van der Waals surface area (Å²) in [7, 11) is 1.53. The van der Waals surface area contributed by atoms with Gasteiger partial charge in [-0.2, -0.15) is 18.4 Å². The maximum atomic E-state index is 12.8. The quantitative estimate of drug-likeness (QED) is 0.256. The Balaban J connectivity index is 1.54. The predicted octanol–water partition coefficient (Wildman–Crippen LogP) is 6.83. The van der Waals surface area contributed by atoms with E-state index in [-0.39, 0.29) is 6.61 Å². The van der Waals surface area contributed by atoms with Crippen LogP contribution in [0.1, 0.15) is 16.7 Å². The maximum absolute atomic E-state index is 12.8. The second-order valence-corrected chi connectivity index (χ2v) is 8.53. The normalized spacial score (nSPS) is 11.2. The van der Waals surface area contributed by atoms with Crippen molar-refractivity contribution < 1.29 is 22.6 Å². The fourth-order valence-electron chi connectivity index (χ4n) is 3.35. The Hall–Kier alpha value is -3.52. The number of nitrogens with one attached hydrogen (secondary N) is 1. The lowest BCUT2D eigenvalue weighted by Gasteiger charge is -2.12. The van der Waals surface area contributed by atoms with Crippen LogP contribution in [-0.4, -0.2) is 17.1 Å². The second kappa shape index (κ2) is 9.77. The Morgan fingerprint density at radius 2 is 1.82 bits per heavy atom. The molecule has 1 heterocycles. The molecule has 0 amide bonds. The molecule has 0 aliphatic rings. The van der Waals surface area contributed by atoms with Gasteiger partial charge in [-0.05, 0) is 59.0 Å². The molecule has 0 fully saturated rings. The van der Waals surface area contributed by atoms with Gasteiger partial charge in [0.05, 0.1) is 36.2 Å². The van der Waals surface area contributed by atoms with Crippen molar-refractivity contribution in [3.05, 3.63) is 87.1 Å². The van der Waals surface area contributed by atoms with Crippen LogP contribution in [-0.2, 0) is 12.8 Å². The summed E-state index contributed by atoms with van der Waals surface area (Å²) in [5.74, 6) is 1.53. The average molecular weight is 575 g/mol. The van der Waals surface area contributed by atoms with E-state index in [2.05, 4.69) is 38.6 Å². The van der Waals surface area contributed by atoms with Gasteiger partial charge in [0.25, 0.3) is 0 Å². The number of rotatable bonds is 6. The van der Waals surface area contributed by atoms with E-state index >= 15 is 0 Å². The molecule has 0 unspecified atom stereocenters. The molecule has 0 bridgehead atoms. The van der Waals surface area contributed by atoms with E-state index in [1.165, 1.54) is 19.2 Å². The molecule has 3 aromatic carbocycles. The summed E-state index contributed by atoms with van der Waals surface area (Å²) in [5.41, 5.74) is 2.51. The van der Waals surface area contributed by atoms with Crippen LogP contribution in [0, 0.1) is 14.9 Å². The second-order valence-electron chi connectivity index (χ2n) is 7.28. The summed E-state index contributed by atoms with van der Waals surface area (Å²) >= 11 is 2.15. The van der Waals surface area contributed by atoms with Crippen molar-refractivity contribution in [2.45, 2.75) is 12.8 Å². The number of aromatic amines is 1. The van der Waals surface area contributed by atoms with Crippen LogP contribution >= 0.6 is 22.6 Å². The Morgan fingerprint density at radius 1 is 1.06 bits per heavy atom. The van der Waals surface area contributed by atoms with Crippen LogP contribution < -0.4 is 9.47 Å². The highest BCUT2D eigenvalue weighted by Gasteiger charge is 2.30. The number of nitrogens with zero attached hydrogens (tertiary/aromatic N) is 2. The number of hydrogen-bond donors (Lipinski definition) is 1. The number of aromatic nitrogens is 2. The van der Waals surface area contributed by atoms with Gasteiger partial charge >= 0.3 is 6.18 Å². The van der Waals surface area contributed by atoms with Gasteiger partial charge < -0.3 is 14.5 Å². The first kappa shape index (κ1) is 23.6. The summed E-state index contributed by atoms with van der Waals surface area (Å²) in [6, 6.07) is 17.9. The highest BCUT2D eigenvalue weighted by atomic mass is 127. The molecule has 0 saturated heterocycles. The summed E-state index contributed by atoms with van der Waals surface area (Å²) < 4.78 is 50.8. The number of benzene rings is 3. The highest BCUT2D eigenvalue weighted by molar-refractivity contribution is 14.1. The molecule has 5 nitrogen and oxygen atoms in total. The molecule has 4 rings (SSSR count). The standard InChI is InChI=1S/C25H17F3IN3O2/c1-33-23-11-20(34-14-16-4-7-19(29)10-17(16)12-30)8-9-21(23)22-13-31-24(32-22)15-2-5-18(6-3-15)25(26,27)28/h2-11,13H,14H2,1H3,(H,31,32). The minimum Gasteiger partial charge on any atom is -0.496 e. The van der Waals surface area contributed by atoms with Gasteiger partial charge in [0.2, 0.25) is 0 Å². The number of H-pyrrole nitrogens is 1. The van der Waals surface area contributed by atoms with Crippen LogP contribution in [0.4, 0.5) is 13.2 Å². The van der Waals surface area contributed by atoms with Crippen molar-refractivity contribution >= 4 is 22.6 Å². The predicted molar refractivity (Wildman–Crippen MR) is 129 cm³/mol. The first-order valence-electron chi connectivity index (χ1n) is 10.0. The van der Waals surface area contributed by atoms with Crippen molar-refractivity contribution in [1.29, 1.82) is 5.26 Å². The molecule has 9 heteroatoms. The summed E-state index contributed by atoms with van der Waals surface area (Å²) in [5, 5.41) is 9.33. The van der Waals surface area contributed by atoms with Crippen molar-refractivity contribution in [3.63, 3.8) is 0 Å². The van der Waals surface area contributed by atoms with Gasteiger partial charge in [0.1, 0.15) is 23.9 Å². The van der Waals surface area contributed by atoms with Crippen molar-refractivity contribution in [1.82, 2.24) is 9.97 Å². The summed E-state index contributed by atoms with van der Waals surface area (Å²) in [4.78, 5) is 7.43. The van der Waals surface area contributed by atoms with Crippen LogP contribution in [0.25, 0.3) is 22.6 Å². The van der Waals surface area contributed by atoms with Crippen LogP contribution in [0.5, 0.6) is 11.5 Å². The molecule has 1 aromatic heterocycles. The number of ether oxygens (including phenoxy) is 2. The minimum absolute atomic E-state index is 0.227. The summed E-state index contributed by atoms with van der Waals surface area (Å²) in [6.07, 6.45) is -2.80. The van der Waals surface area contributed by atoms with Crippen molar-refractivity contribution in [2.24, 2.45) is 0 Å². The number of nitriles is 1. The number of methoxy groups -OCH3 is 1. The average Bonchev–Trinajstić information content (AvgIpc) is 3.32. The monoisotopic (exact) mass is 575 g/mol. The fraction of sp³-hybridized carbons (Fsp3) is 0.120. The van der Waals surface area contributed by atoms with E-state index in [1.54, 1.807) is 30.5 Å². The molecule has 172 valence electrons. The third-order valence-corrected chi connectivity index (χ3v) is 5.78. The molecular weight excluding hydrogens is 558 g/mol. The SMILES string of the molecule is COc1cc(OCc2ccc(I)cc2C#N)ccc1-c1cnc(-c2ccc(C(F)(F)F)cc2)[nH]1. The molecule has 0 radical (unpaired) electrons. The van der Waals surface area contributed by atoms with Crippen molar-refractivity contribution in [3.8, 4) is 40.2 Å².